The van der Waals surface area contributed by atoms with Crippen LogP contribution in [-0.4, -0.2) is 12.5 Å². The summed E-state index contributed by atoms with van der Waals surface area (Å²) in [6.45, 7) is 2.86. The van der Waals surface area contributed by atoms with E-state index in [1.54, 1.807) is 0 Å². The largest absolute Gasteiger partial charge is 0.311 e. The predicted molar refractivity (Wildman–Crippen MR) is 69.2 cm³/mol. The van der Waals surface area contributed by atoms with E-state index in [-0.39, 0.29) is 18.2 Å². The van der Waals surface area contributed by atoms with Crippen LogP contribution >= 0.6 is 0 Å². The zero-order valence-corrected chi connectivity index (χ0v) is 10.5. The average Bonchev–Trinajstić information content (AvgIpc) is 3.12. The molecule has 1 aliphatic carbocycles. The molecule has 2 aliphatic rings. The van der Waals surface area contributed by atoms with Gasteiger partial charge in [0.15, 0.2) is 0 Å². The summed E-state index contributed by atoms with van der Waals surface area (Å²) in [7, 11) is 0. The molecule has 3 rings (SSSR count). The molecule has 18 heavy (non-hydrogen) atoms. The summed E-state index contributed by atoms with van der Waals surface area (Å²) in [6, 6.07) is 8.27. The highest BCUT2D eigenvalue weighted by Crippen LogP contribution is 2.42. The molecule has 1 atom stereocenters. The number of amides is 1. The lowest BCUT2D eigenvalue weighted by atomic mass is 9.96. The Morgan fingerprint density at radius 2 is 2.22 bits per heavy atom. The summed E-state index contributed by atoms with van der Waals surface area (Å²) in [6.07, 6.45) is 2.75. The van der Waals surface area contributed by atoms with Crippen molar-refractivity contribution in [3.63, 3.8) is 0 Å². The average molecular weight is 240 g/mol. The molecule has 0 radical (unpaired) electrons. The first-order valence-corrected chi connectivity index (χ1v) is 6.49. The van der Waals surface area contributed by atoms with Crippen molar-refractivity contribution in [2.24, 2.45) is 5.92 Å². The Morgan fingerprint density at radius 3 is 2.89 bits per heavy atom. The van der Waals surface area contributed by atoms with Crippen LogP contribution in [0.15, 0.2) is 18.2 Å². The fourth-order valence-electron chi connectivity index (χ4n) is 2.67. The van der Waals surface area contributed by atoms with E-state index in [9.17, 15) is 4.79 Å². The van der Waals surface area contributed by atoms with Crippen molar-refractivity contribution in [1.29, 1.82) is 5.26 Å². The topological polar surface area (TPSA) is 44.1 Å². The maximum Gasteiger partial charge on any atom is 0.235 e. The van der Waals surface area contributed by atoms with Crippen LogP contribution in [0.3, 0.4) is 0 Å². The molecule has 0 unspecified atom stereocenters. The number of nitriles is 1. The van der Waals surface area contributed by atoms with Gasteiger partial charge in [0.2, 0.25) is 5.91 Å². The first-order chi connectivity index (χ1) is 8.70. The molecule has 92 valence electrons. The minimum atomic E-state index is -0.247. The summed E-state index contributed by atoms with van der Waals surface area (Å²) in [4.78, 5) is 14.3. The minimum Gasteiger partial charge on any atom is -0.311 e. The van der Waals surface area contributed by atoms with Crippen molar-refractivity contribution < 1.29 is 4.79 Å². The maximum absolute atomic E-state index is 12.4. The van der Waals surface area contributed by atoms with Crippen molar-refractivity contribution in [2.75, 3.05) is 11.4 Å². The molecule has 0 aromatic heterocycles. The lowest BCUT2D eigenvalue weighted by Crippen LogP contribution is -2.30. The predicted octanol–water partition coefficient (Wildman–Crippen LogP) is 2.75. The van der Waals surface area contributed by atoms with Crippen molar-refractivity contribution in [3.05, 3.63) is 29.3 Å². The van der Waals surface area contributed by atoms with Crippen LogP contribution in [0.4, 0.5) is 5.69 Å². The molecule has 1 fully saturated rings. The number of hydrogen-bond acceptors (Lipinski definition) is 2. The number of anilines is 1. The summed E-state index contributed by atoms with van der Waals surface area (Å²) in [5.74, 6) is 0.539. The quantitative estimate of drug-likeness (QED) is 0.815. The molecular formula is C15H16N2O. The fraction of sp³-hybridized carbons (Fsp3) is 0.467. The fourth-order valence-corrected chi connectivity index (χ4v) is 2.67. The molecule has 0 saturated heterocycles. The van der Waals surface area contributed by atoms with Gasteiger partial charge >= 0.3 is 0 Å². The van der Waals surface area contributed by atoms with Crippen molar-refractivity contribution in [3.8, 4) is 6.07 Å². The van der Waals surface area contributed by atoms with Gasteiger partial charge in [0.05, 0.1) is 18.4 Å². The first kappa shape index (κ1) is 11.3. The van der Waals surface area contributed by atoms with Gasteiger partial charge < -0.3 is 4.90 Å². The van der Waals surface area contributed by atoms with E-state index in [1.165, 1.54) is 12.8 Å². The van der Waals surface area contributed by atoms with E-state index >= 15 is 0 Å². The van der Waals surface area contributed by atoms with Crippen LogP contribution < -0.4 is 4.90 Å². The van der Waals surface area contributed by atoms with Gasteiger partial charge in [0, 0.05) is 12.2 Å². The monoisotopic (exact) mass is 240 g/mol. The summed E-state index contributed by atoms with van der Waals surface area (Å²) >= 11 is 0. The van der Waals surface area contributed by atoms with Gasteiger partial charge in [-0.2, -0.15) is 5.26 Å². The molecule has 0 spiro atoms. The second-order valence-electron chi connectivity index (χ2n) is 5.37. The number of benzene rings is 1. The molecule has 1 amide bonds. The molecule has 1 aromatic carbocycles. The van der Waals surface area contributed by atoms with Crippen LogP contribution in [0.1, 0.15) is 36.3 Å². The summed E-state index contributed by atoms with van der Waals surface area (Å²) in [5.41, 5.74) is 3.22. The van der Waals surface area contributed by atoms with Gasteiger partial charge in [-0.15, -0.1) is 0 Å². The van der Waals surface area contributed by atoms with Crippen LogP contribution in [0, 0.1) is 24.2 Å². The van der Waals surface area contributed by atoms with Crippen molar-refractivity contribution >= 4 is 11.6 Å². The second kappa shape index (κ2) is 4.13. The Labute approximate surface area is 107 Å². The van der Waals surface area contributed by atoms with Gasteiger partial charge in [0.1, 0.15) is 0 Å². The van der Waals surface area contributed by atoms with Crippen LogP contribution in [0.2, 0.25) is 0 Å². The molecule has 1 aliphatic heterocycles. The molecule has 0 N–H and O–H groups in total. The third-order valence-electron chi connectivity index (χ3n) is 3.85. The molecule has 1 heterocycles. The number of nitrogens with zero attached hydrogens (tertiary/aromatic N) is 2. The Balaban J connectivity index is 1.99. The lowest BCUT2D eigenvalue weighted by molar-refractivity contribution is -0.119. The first-order valence-electron chi connectivity index (χ1n) is 6.49. The zero-order valence-electron chi connectivity index (χ0n) is 10.5. The number of rotatable bonds is 3. The number of aryl methyl sites for hydroxylation is 1. The van der Waals surface area contributed by atoms with E-state index in [0.717, 1.165) is 23.4 Å². The number of hydrogen-bond donors (Lipinski definition) is 0. The van der Waals surface area contributed by atoms with Crippen molar-refractivity contribution in [2.45, 2.75) is 32.1 Å². The summed E-state index contributed by atoms with van der Waals surface area (Å²) < 4.78 is 0. The van der Waals surface area contributed by atoms with Gasteiger partial charge in [-0.3, -0.25) is 4.79 Å². The van der Waals surface area contributed by atoms with Crippen LogP contribution in [-0.2, 0) is 4.79 Å². The van der Waals surface area contributed by atoms with E-state index in [4.69, 9.17) is 5.26 Å². The van der Waals surface area contributed by atoms with Gasteiger partial charge in [-0.1, -0.05) is 17.7 Å². The lowest BCUT2D eigenvalue weighted by Gasteiger charge is -2.17. The number of fused-ring (bicyclic) bond motifs is 1. The zero-order chi connectivity index (χ0) is 12.7. The molecular weight excluding hydrogens is 224 g/mol. The highest BCUT2D eigenvalue weighted by molar-refractivity contribution is 6.05. The summed E-state index contributed by atoms with van der Waals surface area (Å²) in [5, 5.41) is 8.90. The Morgan fingerprint density at radius 1 is 1.44 bits per heavy atom. The number of carbonyl (C=O) groups excluding carboxylic acids is 1. The Hall–Kier alpha value is -1.82. The molecule has 3 heteroatoms. The van der Waals surface area contributed by atoms with E-state index in [0.29, 0.717) is 5.92 Å². The van der Waals surface area contributed by atoms with Crippen molar-refractivity contribution in [1.82, 2.24) is 0 Å². The highest BCUT2D eigenvalue weighted by Gasteiger charge is 2.39. The third-order valence-corrected chi connectivity index (χ3v) is 3.85. The maximum atomic E-state index is 12.4. The third kappa shape index (κ3) is 1.78. The van der Waals surface area contributed by atoms with Gasteiger partial charge in [0.25, 0.3) is 0 Å². The molecule has 1 saturated carbocycles. The van der Waals surface area contributed by atoms with E-state index in [2.05, 4.69) is 12.1 Å². The van der Waals surface area contributed by atoms with E-state index < -0.39 is 0 Å². The van der Waals surface area contributed by atoms with Gasteiger partial charge in [-0.25, -0.2) is 0 Å². The SMILES string of the molecule is Cc1ccc2c(c1)[C@H](CC#N)C(=O)N2CC1CC1. The standard InChI is InChI=1S/C15H16N2O/c1-10-2-5-14-13(8-10)12(6-7-16)15(18)17(14)9-11-3-4-11/h2,5,8,11-12H,3-4,6,9H2,1H3/t12-/m0/s1. The van der Waals surface area contributed by atoms with Gasteiger partial charge in [-0.05, 0) is 37.3 Å². The molecule has 3 nitrogen and oxygen atoms in total. The van der Waals surface area contributed by atoms with Crippen LogP contribution in [0.5, 0.6) is 0 Å². The Bertz CT molecular complexity index is 540. The number of carbonyl (C=O) groups is 1. The highest BCUT2D eigenvalue weighted by atomic mass is 16.2. The smallest absolute Gasteiger partial charge is 0.235 e. The molecule has 0 bridgehead atoms. The van der Waals surface area contributed by atoms with E-state index in [1.807, 2.05) is 24.0 Å². The minimum absolute atomic E-state index is 0.115. The normalized spacial score (nSPS) is 21.9. The second-order valence-corrected chi connectivity index (χ2v) is 5.37. The Kier molecular flexibility index (Phi) is 2.59. The van der Waals surface area contributed by atoms with Crippen LogP contribution in [0.25, 0.3) is 0 Å². The molecule has 1 aromatic rings.